The van der Waals surface area contributed by atoms with E-state index < -0.39 is 0 Å². The van der Waals surface area contributed by atoms with E-state index >= 15 is 0 Å². The van der Waals surface area contributed by atoms with Crippen molar-refractivity contribution < 1.29 is 9.53 Å². The van der Waals surface area contributed by atoms with Crippen molar-refractivity contribution in [2.75, 3.05) is 11.9 Å². The van der Waals surface area contributed by atoms with Crippen LogP contribution in [0.4, 0.5) is 5.69 Å². The SMILES string of the molecule is CCOc1ccc(NC(=O)c2csc3c2CCCCC3)cc1. The van der Waals surface area contributed by atoms with Crippen molar-refractivity contribution in [1.29, 1.82) is 0 Å². The topological polar surface area (TPSA) is 38.3 Å². The summed E-state index contributed by atoms with van der Waals surface area (Å²) in [4.78, 5) is 13.9. The van der Waals surface area contributed by atoms with Gasteiger partial charge in [-0.05, 0) is 62.4 Å². The molecular weight excluding hydrogens is 294 g/mol. The lowest BCUT2D eigenvalue weighted by Crippen LogP contribution is -2.13. The van der Waals surface area contributed by atoms with Gasteiger partial charge in [-0.15, -0.1) is 11.3 Å². The average molecular weight is 315 g/mol. The minimum atomic E-state index is 0.00330. The summed E-state index contributed by atoms with van der Waals surface area (Å²) < 4.78 is 5.42. The molecule has 1 aromatic heterocycles. The van der Waals surface area contributed by atoms with Crippen LogP contribution in [0.5, 0.6) is 5.75 Å². The average Bonchev–Trinajstić information content (AvgIpc) is 2.79. The fourth-order valence-corrected chi connectivity index (χ4v) is 3.99. The first-order chi connectivity index (χ1) is 10.8. The number of amides is 1. The summed E-state index contributed by atoms with van der Waals surface area (Å²) in [7, 11) is 0. The molecule has 1 heterocycles. The molecule has 1 aliphatic carbocycles. The number of hydrogen-bond acceptors (Lipinski definition) is 3. The molecule has 3 nitrogen and oxygen atoms in total. The number of carbonyl (C=O) groups is 1. The molecule has 1 aliphatic rings. The van der Waals surface area contributed by atoms with Crippen LogP contribution in [0.15, 0.2) is 29.6 Å². The number of anilines is 1. The molecule has 3 rings (SSSR count). The Bertz CT molecular complexity index is 646. The van der Waals surface area contributed by atoms with E-state index in [9.17, 15) is 4.79 Å². The second-order valence-corrected chi connectivity index (χ2v) is 6.49. The molecule has 0 atom stereocenters. The van der Waals surface area contributed by atoms with Crippen LogP contribution in [0, 0.1) is 0 Å². The van der Waals surface area contributed by atoms with E-state index in [1.54, 1.807) is 11.3 Å². The molecular formula is C18H21NO2S. The maximum absolute atomic E-state index is 12.5. The molecule has 1 aromatic carbocycles. The van der Waals surface area contributed by atoms with Crippen molar-refractivity contribution in [3.05, 3.63) is 45.6 Å². The van der Waals surface area contributed by atoms with Gasteiger partial charge in [0, 0.05) is 15.9 Å². The second kappa shape index (κ2) is 6.97. The summed E-state index contributed by atoms with van der Waals surface area (Å²) in [6.07, 6.45) is 5.85. The first-order valence-electron chi connectivity index (χ1n) is 7.91. The molecule has 1 amide bonds. The van der Waals surface area contributed by atoms with Crippen LogP contribution < -0.4 is 10.1 Å². The van der Waals surface area contributed by atoms with Gasteiger partial charge < -0.3 is 10.1 Å². The van der Waals surface area contributed by atoms with Crippen LogP contribution >= 0.6 is 11.3 Å². The summed E-state index contributed by atoms with van der Waals surface area (Å²) in [6, 6.07) is 7.53. The maximum atomic E-state index is 12.5. The van der Waals surface area contributed by atoms with Crippen molar-refractivity contribution in [1.82, 2.24) is 0 Å². The van der Waals surface area contributed by atoms with Crippen LogP contribution in [0.1, 0.15) is 47.0 Å². The Morgan fingerprint density at radius 3 is 2.73 bits per heavy atom. The van der Waals surface area contributed by atoms with Gasteiger partial charge in [-0.2, -0.15) is 0 Å². The molecule has 0 bridgehead atoms. The number of ether oxygens (including phenoxy) is 1. The van der Waals surface area contributed by atoms with Crippen molar-refractivity contribution in [2.24, 2.45) is 0 Å². The van der Waals surface area contributed by atoms with Gasteiger partial charge in [-0.25, -0.2) is 0 Å². The lowest BCUT2D eigenvalue weighted by Gasteiger charge is -2.08. The molecule has 4 heteroatoms. The number of thiophene rings is 1. The van der Waals surface area contributed by atoms with Crippen LogP contribution in [0.25, 0.3) is 0 Å². The van der Waals surface area contributed by atoms with Crippen molar-refractivity contribution in [2.45, 2.75) is 39.0 Å². The van der Waals surface area contributed by atoms with Gasteiger partial charge in [0.15, 0.2) is 0 Å². The van der Waals surface area contributed by atoms with Crippen molar-refractivity contribution >= 4 is 22.9 Å². The molecule has 116 valence electrons. The molecule has 0 spiro atoms. The Morgan fingerprint density at radius 2 is 1.95 bits per heavy atom. The highest BCUT2D eigenvalue weighted by Crippen LogP contribution is 2.30. The van der Waals surface area contributed by atoms with Crippen LogP contribution in [0.3, 0.4) is 0 Å². The van der Waals surface area contributed by atoms with Gasteiger partial charge >= 0.3 is 0 Å². The zero-order valence-corrected chi connectivity index (χ0v) is 13.7. The molecule has 0 fully saturated rings. The summed E-state index contributed by atoms with van der Waals surface area (Å²) in [5, 5.41) is 5.01. The highest BCUT2D eigenvalue weighted by molar-refractivity contribution is 7.10. The van der Waals surface area contributed by atoms with E-state index in [-0.39, 0.29) is 5.91 Å². The van der Waals surface area contributed by atoms with Gasteiger partial charge in [0.05, 0.1) is 12.2 Å². The molecule has 2 aromatic rings. The van der Waals surface area contributed by atoms with Crippen LogP contribution in [-0.4, -0.2) is 12.5 Å². The van der Waals surface area contributed by atoms with Gasteiger partial charge in [0.2, 0.25) is 0 Å². The normalized spacial score (nSPS) is 14.0. The van der Waals surface area contributed by atoms with Gasteiger partial charge in [-0.3, -0.25) is 4.79 Å². The fraction of sp³-hybridized carbons (Fsp3) is 0.389. The number of carbonyl (C=O) groups excluding carboxylic acids is 1. The lowest BCUT2D eigenvalue weighted by molar-refractivity contribution is 0.102. The van der Waals surface area contributed by atoms with Gasteiger partial charge in [-0.1, -0.05) is 6.42 Å². The Morgan fingerprint density at radius 1 is 1.18 bits per heavy atom. The number of hydrogen-bond donors (Lipinski definition) is 1. The number of rotatable bonds is 4. The van der Waals surface area contributed by atoms with Gasteiger partial charge in [0.1, 0.15) is 5.75 Å². The highest BCUT2D eigenvalue weighted by Gasteiger charge is 2.19. The quantitative estimate of drug-likeness (QED) is 0.833. The third kappa shape index (κ3) is 3.33. The van der Waals surface area contributed by atoms with Crippen LogP contribution in [-0.2, 0) is 12.8 Å². The Balaban J connectivity index is 1.73. The first-order valence-corrected chi connectivity index (χ1v) is 8.79. The lowest BCUT2D eigenvalue weighted by atomic mass is 10.1. The number of fused-ring (bicyclic) bond motifs is 1. The fourth-order valence-electron chi connectivity index (χ4n) is 2.86. The Labute approximate surface area is 135 Å². The minimum Gasteiger partial charge on any atom is -0.494 e. The largest absolute Gasteiger partial charge is 0.494 e. The predicted molar refractivity (Wildman–Crippen MR) is 91.1 cm³/mol. The maximum Gasteiger partial charge on any atom is 0.256 e. The summed E-state index contributed by atoms with van der Waals surface area (Å²) in [5.41, 5.74) is 2.93. The summed E-state index contributed by atoms with van der Waals surface area (Å²) in [5.74, 6) is 0.827. The first kappa shape index (κ1) is 15.1. The molecule has 22 heavy (non-hydrogen) atoms. The second-order valence-electron chi connectivity index (χ2n) is 5.52. The smallest absolute Gasteiger partial charge is 0.256 e. The summed E-state index contributed by atoms with van der Waals surface area (Å²) >= 11 is 1.73. The van der Waals surface area contributed by atoms with E-state index in [1.165, 1.54) is 29.7 Å². The van der Waals surface area contributed by atoms with E-state index in [2.05, 4.69) is 5.32 Å². The molecule has 0 saturated carbocycles. The van der Waals surface area contributed by atoms with E-state index in [0.717, 1.165) is 29.8 Å². The number of aryl methyl sites for hydroxylation is 1. The minimum absolute atomic E-state index is 0.00330. The van der Waals surface area contributed by atoms with E-state index in [4.69, 9.17) is 4.74 Å². The zero-order valence-electron chi connectivity index (χ0n) is 12.9. The van der Waals surface area contributed by atoms with Crippen molar-refractivity contribution in [3.8, 4) is 5.75 Å². The standard InChI is InChI=1S/C18H21NO2S/c1-2-21-14-10-8-13(9-11-14)19-18(20)16-12-22-17-7-5-3-4-6-15(16)17/h8-12H,2-7H2,1H3,(H,19,20). The van der Waals surface area contributed by atoms with Gasteiger partial charge in [0.25, 0.3) is 5.91 Å². The van der Waals surface area contributed by atoms with Crippen LogP contribution in [0.2, 0.25) is 0 Å². The highest BCUT2D eigenvalue weighted by atomic mass is 32.1. The molecule has 0 radical (unpaired) electrons. The Kier molecular flexibility index (Phi) is 4.78. The number of nitrogens with one attached hydrogen (secondary N) is 1. The molecule has 0 unspecified atom stereocenters. The monoisotopic (exact) mass is 315 g/mol. The third-order valence-electron chi connectivity index (χ3n) is 3.98. The zero-order chi connectivity index (χ0) is 15.4. The Hall–Kier alpha value is -1.81. The number of benzene rings is 1. The molecule has 0 saturated heterocycles. The van der Waals surface area contributed by atoms with E-state index in [1.807, 2.05) is 36.6 Å². The predicted octanol–water partition coefficient (Wildman–Crippen LogP) is 4.67. The third-order valence-corrected chi connectivity index (χ3v) is 5.07. The summed E-state index contributed by atoms with van der Waals surface area (Å²) in [6.45, 7) is 2.60. The molecule has 0 aliphatic heterocycles. The van der Waals surface area contributed by atoms with E-state index in [0.29, 0.717) is 6.61 Å². The molecule has 1 N–H and O–H groups in total. The van der Waals surface area contributed by atoms with Crippen molar-refractivity contribution in [3.63, 3.8) is 0 Å².